The highest BCUT2D eigenvalue weighted by atomic mass is 16.5. The molecule has 0 aromatic heterocycles. The lowest BCUT2D eigenvalue weighted by Crippen LogP contribution is -2.41. The molecule has 0 bridgehead atoms. The summed E-state index contributed by atoms with van der Waals surface area (Å²) in [7, 11) is 0. The fourth-order valence-electron chi connectivity index (χ4n) is 3.26. The molecule has 0 radical (unpaired) electrons. The van der Waals surface area contributed by atoms with E-state index in [-0.39, 0.29) is 31.0 Å². The molecule has 0 aromatic carbocycles. The van der Waals surface area contributed by atoms with E-state index in [0.717, 1.165) is 26.1 Å². The highest BCUT2D eigenvalue weighted by Crippen LogP contribution is 2.30. The highest BCUT2D eigenvalue weighted by molar-refractivity contribution is 5.83. The molecule has 0 fully saturated rings. The predicted molar refractivity (Wildman–Crippen MR) is 114 cm³/mol. The number of unbranched alkanes of at least 4 members (excludes halogenated alkanes) is 2. The van der Waals surface area contributed by atoms with Crippen LogP contribution in [0.5, 0.6) is 0 Å². The normalized spacial score (nSPS) is 14.5. The van der Waals surface area contributed by atoms with Crippen molar-refractivity contribution in [2.45, 2.75) is 79.6 Å². The topological polar surface area (TPSA) is 78.9 Å². The molecule has 6 heteroatoms. The van der Waals surface area contributed by atoms with Crippen LogP contribution < -0.4 is 5.32 Å². The molecular formula is C22H44N2O4. The summed E-state index contributed by atoms with van der Waals surface area (Å²) in [6, 6.07) is 0. The summed E-state index contributed by atoms with van der Waals surface area (Å²) >= 11 is 0. The summed E-state index contributed by atoms with van der Waals surface area (Å²) in [5, 5.41) is 11.8. The first-order valence-corrected chi connectivity index (χ1v) is 11.1. The minimum absolute atomic E-state index is 0.00473. The Bertz CT molecular complexity index is 423. The first-order valence-electron chi connectivity index (χ1n) is 11.1. The molecule has 0 aliphatic heterocycles. The van der Waals surface area contributed by atoms with E-state index < -0.39 is 5.41 Å². The molecule has 0 aliphatic carbocycles. The number of nitrogens with one attached hydrogen (secondary N) is 1. The van der Waals surface area contributed by atoms with Gasteiger partial charge < -0.3 is 20.1 Å². The van der Waals surface area contributed by atoms with Gasteiger partial charge in [0.2, 0.25) is 5.91 Å². The summed E-state index contributed by atoms with van der Waals surface area (Å²) in [5.41, 5.74) is -0.595. The van der Waals surface area contributed by atoms with Crippen LogP contribution >= 0.6 is 0 Å². The van der Waals surface area contributed by atoms with E-state index >= 15 is 0 Å². The van der Waals surface area contributed by atoms with Crippen LogP contribution in [0.3, 0.4) is 0 Å². The lowest BCUT2D eigenvalue weighted by Gasteiger charge is -2.29. The average molecular weight is 401 g/mol. The lowest BCUT2D eigenvalue weighted by molar-refractivity contribution is -0.150. The van der Waals surface area contributed by atoms with Crippen molar-refractivity contribution in [1.29, 1.82) is 0 Å². The fraction of sp³-hybridized carbons (Fsp3) is 0.909. The van der Waals surface area contributed by atoms with Gasteiger partial charge in [0.05, 0.1) is 12.5 Å². The van der Waals surface area contributed by atoms with E-state index in [9.17, 15) is 9.59 Å². The third-order valence-corrected chi connectivity index (χ3v) is 5.42. The van der Waals surface area contributed by atoms with Gasteiger partial charge >= 0.3 is 5.97 Å². The van der Waals surface area contributed by atoms with Gasteiger partial charge in [-0.05, 0) is 51.7 Å². The van der Waals surface area contributed by atoms with E-state index in [4.69, 9.17) is 9.84 Å². The number of esters is 1. The van der Waals surface area contributed by atoms with Crippen LogP contribution in [-0.2, 0) is 14.3 Å². The molecule has 0 aliphatic rings. The van der Waals surface area contributed by atoms with E-state index in [2.05, 4.69) is 24.1 Å². The van der Waals surface area contributed by atoms with Gasteiger partial charge in [-0.15, -0.1) is 0 Å². The minimum atomic E-state index is -0.595. The molecule has 0 spiro atoms. The minimum Gasteiger partial charge on any atom is -0.463 e. The van der Waals surface area contributed by atoms with E-state index in [1.54, 1.807) is 6.92 Å². The zero-order chi connectivity index (χ0) is 21.4. The molecule has 28 heavy (non-hydrogen) atoms. The molecule has 1 amide bonds. The smallest absolute Gasteiger partial charge is 0.308 e. The number of rotatable bonds is 17. The monoisotopic (exact) mass is 400 g/mol. The number of hydrogen-bond donors (Lipinski definition) is 2. The first kappa shape index (κ1) is 26.9. The number of hydrogen-bond acceptors (Lipinski definition) is 5. The number of ether oxygens (including phenoxy) is 1. The Morgan fingerprint density at radius 2 is 1.64 bits per heavy atom. The van der Waals surface area contributed by atoms with Gasteiger partial charge in [0.25, 0.3) is 0 Å². The summed E-state index contributed by atoms with van der Waals surface area (Å²) in [6.45, 7) is 13.8. The Hall–Kier alpha value is -1.14. The Morgan fingerprint density at radius 1 is 1.07 bits per heavy atom. The van der Waals surface area contributed by atoms with E-state index in [0.29, 0.717) is 19.4 Å². The Kier molecular flexibility index (Phi) is 15.1. The van der Waals surface area contributed by atoms with Gasteiger partial charge in [-0.25, -0.2) is 0 Å². The standard InChI is InChI=1S/C22H44N2O4/c1-6-9-13-24(14-10-7-2)15-11-12-23-21(27)22(5,8-3)18-19(4)20(26)28-17-16-25/h19,25H,6-18H2,1-5H3,(H,23,27). The van der Waals surface area contributed by atoms with Gasteiger partial charge in [0.15, 0.2) is 0 Å². The number of aliphatic hydroxyl groups excluding tert-OH is 1. The molecule has 0 rings (SSSR count). The van der Waals surface area contributed by atoms with Crippen LogP contribution in [0.2, 0.25) is 0 Å². The van der Waals surface area contributed by atoms with Gasteiger partial charge in [0, 0.05) is 12.0 Å². The molecular weight excluding hydrogens is 356 g/mol. The van der Waals surface area contributed by atoms with Crippen molar-refractivity contribution in [1.82, 2.24) is 10.2 Å². The number of amides is 1. The zero-order valence-electron chi connectivity index (χ0n) is 18.9. The van der Waals surface area contributed by atoms with Crippen molar-refractivity contribution in [3.05, 3.63) is 0 Å². The summed E-state index contributed by atoms with van der Waals surface area (Å²) in [4.78, 5) is 27.2. The molecule has 2 atom stereocenters. The van der Waals surface area contributed by atoms with Crippen molar-refractivity contribution in [2.24, 2.45) is 11.3 Å². The fourth-order valence-corrected chi connectivity index (χ4v) is 3.26. The molecule has 0 saturated heterocycles. The maximum atomic E-state index is 12.7. The molecule has 0 aromatic rings. The largest absolute Gasteiger partial charge is 0.463 e. The van der Waals surface area contributed by atoms with Crippen LogP contribution in [0.1, 0.15) is 79.6 Å². The summed E-state index contributed by atoms with van der Waals surface area (Å²) < 4.78 is 4.99. The van der Waals surface area contributed by atoms with Crippen LogP contribution in [-0.4, -0.2) is 61.3 Å². The van der Waals surface area contributed by atoms with Gasteiger partial charge in [-0.3, -0.25) is 9.59 Å². The Labute approximate surface area is 172 Å². The molecule has 166 valence electrons. The quantitative estimate of drug-likeness (QED) is 0.289. The number of carbonyl (C=O) groups excluding carboxylic acids is 2. The van der Waals surface area contributed by atoms with Crippen LogP contribution in [0.25, 0.3) is 0 Å². The summed E-state index contributed by atoms with van der Waals surface area (Å²) in [6.07, 6.45) is 6.88. The predicted octanol–water partition coefficient (Wildman–Crippen LogP) is 3.37. The highest BCUT2D eigenvalue weighted by Gasteiger charge is 2.35. The van der Waals surface area contributed by atoms with Gasteiger partial charge in [-0.2, -0.15) is 0 Å². The van der Waals surface area contributed by atoms with Crippen LogP contribution in [0, 0.1) is 11.3 Å². The van der Waals surface area contributed by atoms with Crippen molar-refractivity contribution < 1.29 is 19.4 Å². The Morgan fingerprint density at radius 3 is 2.14 bits per heavy atom. The lowest BCUT2D eigenvalue weighted by atomic mass is 9.78. The average Bonchev–Trinajstić information content (AvgIpc) is 2.69. The van der Waals surface area contributed by atoms with Crippen LogP contribution in [0.15, 0.2) is 0 Å². The molecule has 2 N–H and O–H groups in total. The first-order chi connectivity index (χ1) is 13.3. The third kappa shape index (κ3) is 11.0. The number of nitrogens with zero attached hydrogens (tertiary/aromatic N) is 1. The third-order valence-electron chi connectivity index (χ3n) is 5.42. The second-order valence-corrected chi connectivity index (χ2v) is 8.07. The second-order valence-electron chi connectivity index (χ2n) is 8.07. The van der Waals surface area contributed by atoms with E-state index in [1.165, 1.54) is 25.7 Å². The maximum absolute atomic E-state index is 12.7. The van der Waals surface area contributed by atoms with Crippen molar-refractivity contribution in [2.75, 3.05) is 39.4 Å². The summed E-state index contributed by atoms with van der Waals surface area (Å²) in [5.74, 6) is -0.727. The Balaban J connectivity index is 4.44. The molecule has 0 heterocycles. The van der Waals surface area contributed by atoms with Gasteiger partial charge in [-0.1, -0.05) is 47.5 Å². The molecule has 2 unspecified atom stereocenters. The van der Waals surface area contributed by atoms with Crippen molar-refractivity contribution in [3.8, 4) is 0 Å². The zero-order valence-corrected chi connectivity index (χ0v) is 18.9. The second kappa shape index (κ2) is 15.7. The number of carbonyl (C=O) groups is 2. The molecule has 0 saturated carbocycles. The SMILES string of the molecule is CCCCN(CCCC)CCCNC(=O)C(C)(CC)CC(C)C(=O)OCCO. The van der Waals surface area contributed by atoms with E-state index in [1.807, 2.05) is 13.8 Å². The molecule has 6 nitrogen and oxygen atoms in total. The van der Waals surface area contributed by atoms with Crippen molar-refractivity contribution >= 4 is 11.9 Å². The maximum Gasteiger partial charge on any atom is 0.308 e. The van der Waals surface area contributed by atoms with Crippen molar-refractivity contribution in [3.63, 3.8) is 0 Å². The number of aliphatic hydroxyl groups is 1. The van der Waals surface area contributed by atoms with Gasteiger partial charge in [0.1, 0.15) is 6.61 Å². The van der Waals surface area contributed by atoms with Crippen LogP contribution in [0.4, 0.5) is 0 Å².